The molecule has 1 saturated heterocycles. The van der Waals surface area contributed by atoms with Crippen molar-refractivity contribution in [1.29, 1.82) is 0 Å². The summed E-state index contributed by atoms with van der Waals surface area (Å²) in [5.41, 5.74) is 2.98. The number of fused-ring (bicyclic) bond motifs is 1. The third-order valence-corrected chi connectivity index (χ3v) is 6.75. The number of methoxy groups -OCH3 is 1. The van der Waals surface area contributed by atoms with Crippen molar-refractivity contribution in [2.24, 2.45) is 0 Å². The summed E-state index contributed by atoms with van der Waals surface area (Å²) in [5, 5.41) is 12.2. The lowest BCUT2D eigenvalue weighted by Crippen LogP contribution is -2.35. The van der Waals surface area contributed by atoms with Crippen molar-refractivity contribution >= 4 is 17.0 Å². The molecular formula is C31H36N4O7. The van der Waals surface area contributed by atoms with Gasteiger partial charge in [-0.25, -0.2) is 4.79 Å². The van der Waals surface area contributed by atoms with E-state index in [2.05, 4.69) is 20.6 Å². The molecule has 0 unspecified atom stereocenters. The summed E-state index contributed by atoms with van der Waals surface area (Å²) in [6, 6.07) is 10.8. The maximum Gasteiger partial charge on any atom is 0.408 e. The number of aryl methyl sites for hydroxylation is 1. The maximum atomic E-state index is 12.7. The summed E-state index contributed by atoms with van der Waals surface area (Å²) in [7, 11) is 1.60. The molecule has 4 heterocycles. The van der Waals surface area contributed by atoms with E-state index in [9.17, 15) is 4.79 Å². The number of nitrogens with one attached hydrogen (secondary N) is 1. The fourth-order valence-corrected chi connectivity index (χ4v) is 4.81. The van der Waals surface area contributed by atoms with Crippen LogP contribution in [0.3, 0.4) is 0 Å². The average molecular weight is 577 g/mol. The minimum absolute atomic E-state index is 0.446. The quantitative estimate of drug-likeness (QED) is 0.212. The van der Waals surface area contributed by atoms with E-state index < -0.39 is 23.5 Å². The number of hydrogen-bond acceptors (Lipinski definition) is 10. The van der Waals surface area contributed by atoms with E-state index in [1.54, 1.807) is 19.2 Å². The van der Waals surface area contributed by atoms with Gasteiger partial charge in [-0.3, -0.25) is 4.98 Å². The first-order valence-electron chi connectivity index (χ1n) is 13.9. The lowest BCUT2D eigenvalue weighted by Gasteiger charge is -2.24. The summed E-state index contributed by atoms with van der Waals surface area (Å²) in [4.78, 5) is 17.3. The molecule has 1 aromatic carbocycles. The van der Waals surface area contributed by atoms with Crippen LogP contribution in [-0.2, 0) is 20.0 Å². The number of allylic oxidation sites excluding steroid dienone is 1. The minimum Gasteiger partial charge on any atom is -0.496 e. The van der Waals surface area contributed by atoms with E-state index in [1.807, 2.05) is 64.1 Å². The Morgan fingerprint density at radius 1 is 1.12 bits per heavy atom. The number of pyridine rings is 1. The van der Waals surface area contributed by atoms with Crippen molar-refractivity contribution < 1.29 is 32.8 Å². The van der Waals surface area contributed by atoms with Crippen molar-refractivity contribution in [2.45, 2.75) is 64.4 Å². The number of aromatic nitrogens is 3. The first-order chi connectivity index (χ1) is 20.2. The fourth-order valence-electron chi connectivity index (χ4n) is 4.81. The third kappa shape index (κ3) is 6.80. The van der Waals surface area contributed by atoms with Gasteiger partial charge in [0.05, 0.1) is 37.4 Å². The molecule has 11 nitrogen and oxygen atoms in total. The number of hydrogen-bond donors (Lipinski definition) is 1. The summed E-state index contributed by atoms with van der Waals surface area (Å²) in [5.74, 6) is 0.200. The van der Waals surface area contributed by atoms with E-state index in [-0.39, 0.29) is 0 Å². The van der Waals surface area contributed by atoms with Gasteiger partial charge in [-0.05, 0) is 52.7 Å². The predicted molar refractivity (Wildman–Crippen MR) is 154 cm³/mol. The normalized spacial score (nSPS) is 15.7. The molecule has 42 heavy (non-hydrogen) atoms. The Bertz CT molecular complexity index is 1530. The molecule has 222 valence electrons. The Kier molecular flexibility index (Phi) is 8.60. The monoisotopic (exact) mass is 576 g/mol. The van der Waals surface area contributed by atoms with Gasteiger partial charge in [-0.2, -0.15) is 0 Å². The highest BCUT2D eigenvalue weighted by atomic mass is 16.7. The van der Waals surface area contributed by atoms with Gasteiger partial charge >= 0.3 is 6.09 Å². The van der Waals surface area contributed by atoms with Crippen molar-refractivity contribution in [1.82, 2.24) is 20.6 Å². The Hall–Kier alpha value is -4.22. The van der Waals surface area contributed by atoms with Crippen LogP contribution in [0.1, 0.15) is 63.2 Å². The van der Waals surface area contributed by atoms with Crippen LogP contribution in [0.25, 0.3) is 22.2 Å². The molecule has 4 aromatic rings. The maximum absolute atomic E-state index is 12.7. The molecule has 1 aliphatic heterocycles. The summed E-state index contributed by atoms with van der Waals surface area (Å²) >= 11 is 0. The van der Waals surface area contributed by atoms with Crippen LogP contribution >= 0.6 is 0 Å². The molecule has 0 aliphatic carbocycles. The number of alkyl carbamates (subject to hydrolysis) is 1. The largest absolute Gasteiger partial charge is 0.496 e. The zero-order chi connectivity index (χ0) is 29.7. The van der Waals surface area contributed by atoms with Crippen molar-refractivity contribution in [2.75, 3.05) is 20.3 Å². The average Bonchev–Trinajstić information content (AvgIpc) is 3.73. The molecule has 0 bridgehead atoms. The molecule has 3 aromatic heterocycles. The molecule has 0 radical (unpaired) electrons. The highest BCUT2D eigenvalue weighted by Gasteiger charge is 2.40. The first-order valence-corrected chi connectivity index (χ1v) is 13.9. The van der Waals surface area contributed by atoms with Crippen molar-refractivity contribution in [3.8, 4) is 17.1 Å². The Morgan fingerprint density at radius 3 is 2.64 bits per heavy atom. The fraction of sp³-hybridized carbons (Fsp3) is 0.419. The second-order valence-electron chi connectivity index (χ2n) is 11.1. The van der Waals surface area contributed by atoms with Crippen molar-refractivity contribution in [3.63, 3.8) is 0 Å². The van der Waals surface area contributed by atoms with Crippen LogP contribution in [0.4, 0.5) is 4.79 Å². The number of carbonyl (C=O) groups is 1. The van der Waals surface area contributed by atoms with Gasteiger partial charge in [-0.15, -0.1) is 0 Å². The van der Waals surface area contributed by atoms with E-state index >= 15 is 0 Å². The van der Waals surface area contributed by atoms with E-state index in [4.69, 9.17) is 28.0 Å². The van der Waals surface area contributed by atoms with Crippen molar-refractivity contribution in [3.05, 3.63) is 71.9 Å². The van der Waals surface area contributed by atoms with Crippen LogP contribution < -0.4 is 10.1 Å². The van der Waals surface area contributed by atoms with Crippen LogP contribution in [0.15, 0.2) is 63.9 Å². The van der Waals surface area contributed by atoms with E-state index in [0.717, 1.165) is 22.2 Å². The molecule has 0 spiro atoms. The molecule has 1 atom stereocenters. The van der Waals surface area contributed by atoms with Crippen LogP contribution in [0, 0.1) is 6.92 Å². The highest BCUT2D eigenvalue weighted by molar-refractivity contribution is 5.87. The zero-order valence-electron chi connectivity index (χ0n) is 24.5. The summed E-state index contributed by atoms with van der Waals surface area (Å²) in [6.45, 7) is 8.37. The SMILES string of the molecule is COc1cc2nc(C)ccc2cc1-c1cc([C@H](C/C=C/CCC2(c3ccon3)OCCO2)NC(=O)OC(C)(C)C)no1. The number of nitrogens with zero attached hydrogens (tertiary/aromatic N) is 3. The molecule has 11 heteroatoms. The van der Waals surface area contributed by atoms with Gasteiger partial charge in [0, 0.05) is 35.7 Å². The third-order valence-electron chi connectivity index (χ3n) is 6.75. The van der Waals surface area contributed by atoms with Gasteiger partial charge in [0.25, 0.3) is 0 Å². The van der Waals surface area contributed by atoms with E-state index in [0.29, 0.717) is 55.4 Å². The number of amides is 1. The molecule has 1 aliphatic rings. The highest BCUT2D eigenvalue weighted by Crippen LogP contribution is 2.36. The lowest BCUT2D eigenvalue weighted by atomic mass is 10.0. The van der Waals surface area contributed by atoms with Gasteiger partial charge in [0.1, 0.15) is 29.0 Å². The summed E-state index contributed by atoms with van der Waals surface area (Å²) < 4.78 is 33.7. The first kappa shape index (κ1) is 29.3. The smallest absolute Gasteiger partial charge is 0.408 e. The molecular weight excluding hydrogens is 540 g/mol. The zero-order valence-corrected chi connectivity index (χ0v) is 24.5. The van der Waals surface area contributed by atoms with Gasteiger partial charge in [-0.1, -0.05) is 28.5 Å². The van der Waals surface area contributed by atoms with Gasteiger partial charge in [0.2, 0.25) is 5.79 Å². The molecule has 1 fully saturated rings. The molecule has 1 amide bonds. The summed E-state index contributed by atoms with van der Waals surface area (Å²) in [6.07, 6.45) is 6.60. The Labute approximate surface area is 244 Å². The van der Waals surface area contributed by atoms with Crippen LogP contribution in [0.2, 0.25) is 0 Å². The minimum atomic E-state index is -0.917. The lowest BCUT2D eigenvalue weighted by molar-refractivity contribution is -0.174. The second-order valence-corrected chi connectivity index (χ2v) is 11.1. The van der Waals surface area contributed by atoms with Crippen LogP contribution in [-0.4, -0.2) is 47.3 Å². The number of carbonyl (C=O) groups excluding carboxylic acids is 1. The van der Waals surface area contributed by atoms with E-state index in [1.165, 1.54) is 6.26 Å². The number of ether oxygens (including phenoxy) is 4. The predicted octanol–water partition coefficient (Wildman–Crippen LogP) is 6.39. The second kappa shape index (κ2) is 12.3. The van der Waals surface area contributed by atoms with Gasteiger partial charge in [0.15, 0.2) is 5.76 Å². The number of rotatable bonds is 10. The van der Waals surface area contributed by atoms with Crippen LogP contribution in [0.5, 0.6) is 5.75 Å². The Balaban J connectivity index is 1.34. The number of benzene rings is 1. The molecule has 1 N–H and O–H groups in total. The molecule has 5 rings (SSSR count). The Morgan fingerprint density at radius 2 is 1.93 bits per heavy atom. The van der Waals surface area contributed by atoms with Gasteiger partial charge < -0.3 is 33.3 Å². The molecule has 0 saturated carbocycles. The standard InChI is InChI=1S/C31H36N4O7/c1-20-10-11-21-17-22(26(37-5)18-24(21)32-20)27-19-25(34-42-27)23(33-29(36)41-30(2,3)4)9-7-6-8-13-31(38-15-16-39-31)28-12-14-40-35-28/h6-7,10-12,14,17-19,23H,8-9,13,15-16H2,1-5H3,(H,33,36)/b7-6+/t23-/m0/s1. The topological polar surface area (TPSA) is 131 Å².